The SMILES string of the molecule is Cc1c(C)n(Cc2ccc(C#N)cc2)c2ccc(NS(=O)(=O)c3ccccc3)cc12. The molecule has 6 heteroatoms. The maximum atomic E-state index is 12.6. The largest absolute Gasteiger partial charge is 0.340 e. The van der Waals surface area contributed by atoms with Gasteiger partial charge in [-0.15, -0.1) is 0 Å². The second kappa shape index (κ2) is 7.69. The van der Waals surface area contributed by atoms with Gasteiger partial charge in [0.15, 0.2) is 0 Å². The molecule has 0 fully saturated rings. The summed E-state index contributed by atoms with van der Waals surface area (Å²) in [5, 5.41) is 9.99. The Morgan fingerprint density at radius 1 is 0.967 bits per heavy atom. The minimum atomic E-state index is -3.64. The van der Waals surface area contributed by atoms with Crippen molar-refractivity contribution in [3.05, 3.63) is 95.2 Å². The Bertz CT molecular complexity index is 1360. The fraction of sp³-hybridized carbons (Fsp3) is 0.125. The van der Waals surface area contributed by atoms with Crippen LogP contribution in [0.4, 0.5) is 5.69 Å². The lowest BCUT2D eigenvalue weighted by atomic mass is 10.1. The molecule has 4 rings (SSSR count). The van der Waals surface area contributed by atoms with Crippen LogP contribution >= 0.6 is 0 Å². The molecule has 1 N–H and O–H groups in total. The van der Waals surface area contributed by atoms with Gasteiger partial charge >= 0.3 is 0 Å². The summed E-state index contributed by atoms with van der Waals surface area (Å²) in [5.41, 5.74) is 5.54. The molecule has 1 aromatic heterocycles. The van der Waals surface area contributed by atoms with Gasteiger partial charge in [0.2, 0.25) is 0 Å². The van der Waals surface area contributed by atoms with Crippen LogP contribution in [0.2, 0.25) is 0 Å². The normalized spacial score (nSPS) is 11.4. The van der Waals surface area contributed by atoms with Crippen LogP contribution in [0.15, 0.2) is 77.7 Å². The van der Waals surface area contributed by atoms with E-state index in [0.29, 0.717) is 17.8 Å². The third kappa shape index (κ3) is 3.68. The highest BCUT2D eigenvalue weighted by molar-refractivity contribution is 7.92. The lowest BCUT2D eigenvalue weighted by Gasteiger charge is -2.10. The molecule has 0 bridgehead atoms. The first-order chi connectivity index (χ1) is 14.4. The highest BCUT2D eigenvalue weighted by Crippen LogP contribution is 2.29. The Morgan fingerprint density at radius 2 is 1.67 bits per heavy atom. The molecular weight excluding hydrogens is 394 g/mol. The van der Waals surface area contributed by atoms with Crippen molar-refractivity contribution in [3.8, 4) is 6.07 Å². The van der Waals surface area contributed by atoms with Crippen LogP contribution in [0.3, 0.4) is 0 Å². The molecule has 0 atom stereocenters. The van der Waals surface area contributed by atoms with Gasteiger partial charge in [-0.25, -0.2) is 8.42 Å². The number of nitrogens with one attached hydrogen (secondary N) is 1. The van der Waals surface area contributed by atoms with E-state index in [9.17, 15) is 8.42 Å². The standard InChI is InChI=1S/C24H21N3O2S/c1-17-18(2)27(16-20-10-8-19(15-25)9-11-20)24-13-12-21(14-23(17)24)26-30(28,29)22-6-4-3-5-7-22/h3-14,26H,16H2,1-2H3. The van der Waals surface area contributed by atoms with Gasteiger partial charge in [-0.1, -0.05) is 30.3 Å². The Labute approximate surface area is 176 Å². The molecule has 0 unspecified atom stereocenters. The third-order valence-electron chi connectivity index (χ3n) is 5.37. The summed E-state index contributed by atoms with van der Waals surface area (Å²) in [4.78, 5) is 0.233. The van der Waals surface area contributed by atoms with E-state index in [2.05, 4.69) is 22.3 Å². The first-order valence-electron chi connectivity index (χ1n) is 9.55. The maximum absolute atomic E-state index is 12.6. The lowest BCUT2D eigenvalue weighted by Crippen LogP contribution is -2.12. The predicted molar refractivity (Wildman–Crippen MR) is 119 cm³/mol. The summed E-state index contributed by atoms with van der Waals surface area (Å²) in [5.74, 6) is 0. The molecule has 4 aromatic rings. The van der Waals surface area contributed by atoms with Gasteiger partial charge in [0, 0.05) is 28.8 Å². The van der Waals surface area contributed by atoms with Gasteiger partial charge in [-0.3, -0.25) is 4.72 Å². The molecule has 0 saturated heterocycles. The van der Waals surface area contributed by atoms with E-state index in [-0.39, 0.29) is 4.90 Å². The first kappa shape index (κ1) is 19.7. The number of rotatable bonds is 5. The minimum Gasteiger partial charge on any atom is -0.340 e. The molecule has 0 spiro atoms. The van der Waals surface area contributed by atoms with Gasteiger partial charge in [-0.2, -0.15) is 5.26 Å². The molecule has 150 valence electrons. The Hall–Kier alpha value is -3.56. The molecule has 0 aliphatic carbocycles. The van der Waals surface area contributed by atoms with Gasteiger partial charge in [0.05, 0.1) is 16.5 Å². The first-order valence-corrected chi connectivity index (χ1v) is 11.0. The van der Waals surface area contributed by atoms with E-state index >= 15 is 0 Å². The summed E-state index contributed by atoms with van der Waals surface area (Å²) >= 11 is 0. The highest BCUT2D eigenvalue weighted by atomic mass is 32.2. The minimum absolute atomic E-state index is 0.233. The summed E-state index contributed by atoms with van der Waals surface area (Å²) in [6, 6.07) is 23.7. The summed E-state index contributed by atoms with van der Waals surface area (Å²) in [6.45, 7) is 4.78. The Kier molecular flexibility index (Phi) is 5.06. The number of hydrogen-bond acceptors (Lipinski definition) is 3. The summed E-state index contributed by atoms with van der Waals surface area (Å²) in [7, 11) is -3.64. The number of fused-ring (bicyclic) bond motifs is 1. The van der Waals surface area contributed by atoms with Gasteiger partial charge in [0.25, 0.3) is 10.0 Å². The Balaban J connectivity index is 1.69. The molecule has 0 aliphatic heterocycles. The fourth-order valence-electron chi connectivity index (χ4n) is 3.60. The second-order valence-corrected chi connectivity index (χ2v) is 8.94. The van der Waals surface area contributed by atoms with Crippen LogP contribution in [-0.2, 0) is 16.6 Å². The molecule has 3 aromatic carbocycles. The number of nitriles is 1. The Morgan fingerprint density at radius 3 is 2.33 bits per heavy atom. The molecule has 30 heavy (non-hydrogen) atoms. The van der Waals surface area contributed by atoms with Crippen molar-refractivity contribution in [1.82, 2.24) is 4.57 Å². The fourth-order valence-corrected chi connectivity index (χ4v) is 4.67. The number of sulfonamides is 1. The molecular formula is C24H21N3O2S. The predicted octanol–water partition coefficient (Wildman–Crippen LogP) is 4.98. The van der Waals surface area contributed by atoms with Crippen molar-refractivity contribution >= 4 is 26.6 Å². The van der Waals surface area contributed by atoms with Crippen LogP contribution < -0.4 is 4.72 Å². The van der Waals surface area contributed by atoms with Gasteiger partial charge < -0.3 is 4.57 Å². The number of anilines is 1. The van der Waals surface area contributed by atoms with E-state index < -0.39 is 10.0 Å². The zero-order valence-corrected chi connectivity index (χ0v) is 17.6. The third-order valence-corrected chi connectivity index (χ3v) is 6.77. The van der Waals surface area contributed by atoms with E-state index in [4.69, 9.17) is 5.26 Å². The number of benzene rings is 3. The van der Waals surface area contributed by atoms with Crippen molar-refractivity contribution in [2.24, 2.45) is 0 Å². The number of aryl methyl sites for hydroxylation is 1. The second-order valence-electron chi connectivity index (χ2n) is 7.26. The van der Waals surface area contributed by atoms with Crippen molar-refractivity contribution < 1.29 is 8.42 Å². The topological polar surface area (TPSA) is 74.9 Å². The molecule has 0 amide bonds. The van der Waals surface area contributed by atoms with Crippen LogP contribution in [0.1, 0.15) is 22.4 Å². The molecule has 0 aliphatic rings. The molecule has 0 radical (unpaired) electrons. The molecule has 1 heterocycles. The number of nitrogens with zero attached hydrogens (tertiary/aromatic N) is 2. The smallest absolute Gasteiger partial charge is 0.261 e. The van der Waals surface area contributed by atoms with Gasteiger partial charge in [-0.05, 0) is 67.4 Å². The van der Waals surface area contributed by atoms with E-state index in [1.165, 1.54) is 0 Å². The number of aromatic nitrogens is 1. The van der Waals surface area contributed by atoms with E-state index in [0.717, 1.165) is 27.7 Å². The average Bonchev–Trinajstić information content (AvgIpc) is 2.99. The zero-order valence-electron chi connectivity index (χ0n) is 16.8. The summed E-state index contributed by atoms with van der Waals surface area (Å²) < 4.78 is 30.2. The highest BCUT2D eigenvalue weighted by Gasteiger charge is 2.16. The maximum Gasteiger partial charge on any atom is 0.261 e. The van der Waals surface area contributed by atoms with E-state index in [1.807, 2.05) is 43.3 Å². The lowest BCUT2D eigenvalue weighted by molar-refractivity contribution is 0.601. The van der Waals surface area contributed by atoms with E-state index in [1.54, 1.807) is 36.4 Å². The van der Waals surface area contributed by atoms with Crippen LogP contribution in [0.25, 0.3) is 10.9 Å². The van der Waals surface area contributed by atoms with Crippen LogP contribution in [0.5, 0.6) is 0 Å². The van der Waals surface area contributed by atoms with Crippen molar-refractivity contribution in [1.29, 1.82) is 5.26 Å². The molecule has 5 nitrogen and oxygen atoms in total. The monoisotopic (exact) mass is 415 g/mol. The van der Waals surface area contributed by atoms with Crippen molar-refractivity contribution in [3.63, 3.8) is 0 Å². The van der Waals surface area contributed by atoms with Crippen LogP contribution in [-0.4, -0.2) is 13.0 Å². The number of hydrogen-bond donors (Lipinski definition) is 1. The summed E-state index contributed by atoms with van der Waals surface area (Å²) in [6.07, 6.45) is 0. The van der Waals surface area contributed by atoms with Crippen molar-refractivity contribution in [2.75, 3.05) is 4.72 Å². The quantitative estimate of drug-likeness (QED) is 0.500. The molecule has 0 saturated carbocycles. The van der Waals surface area contributed by atoms with Crippen LogP contribution in [0, 0.1) is 25.2 Å². The van der Waals surface area contributed by atoms with Gasteiger partial charge in [0.1, 0.15) is 0 Å². The zero-order chi connectivity index (χ0) is 21.3. The average molecular weight is 416 g/mol. The van der Waals surface area contributed by atoms with Crippen molar-refractivity contribution in [2.45, 2.75) is 25.3 Å².